The van der Waals surface area contributed by atoms with Crippen LogP contribution in [0.25, 0.3) is 22.6 Å². The highest BCUT2D eigenvalue weighted by Gasteiger charge is 2.12. The Hall–Kier alpha value is -2.82. The van der Waals surface area contributed by atoms with Crippen LogP contribution in [0.1, 0.15) is 10.4 Å². The molecule has 26 heavy (non-hydrogen) atoms. The fourth-order valence-electron chi connectivity index (χ4n) is 2.59. The molecule has 1 heterocycles. The first-order chi connectivity index (χ1) is 12.6. The lowest BCUT2D eigenvalue weighted by molar-refractivity contribution is 0.102. The number of carbonyl (C=O) groups is 1. The maximum atomic E-state index is 12.4. The summed E-state index contributed by atoms with van der Waals surface area (Å²) in [6, 6.07) is 19.4. The molecule has 0 atom stereocenters. The van der Waals surface area contributed by atoms with Gasteiger partial charge in [0.2, 0.25) is 5.89 Å². The van der Waals surface area contributed by atoms with E-state index in [0.29, 0.717) is 38.3 Å². The number of amides is 1. The highest BCUT2D eigenvalue weighted by atomic mass is 35.5. The second kappa shape index (κ2) is 6.83. The molecular formula is C20H12Cl2N2O2. The van der Waals surface area contributed by atoms with Crippen molar-refractivity contribution in [3.05, 3.63) is 82.3 Å². The van der Waals surface area contributed by atoms with Crippen LogP contribution < -0.4 is 5.32 Å². The topological polar surface area (TPSA) is 55.1 Å². The lowest BCUT2D eigenvalue weighted by Gasteiger charge is -2.06. The van der Waals surface area contributed by atoms with Gasteiger partial charge in [-0.25, -0.2) is 4.98 Å². The summed E-state index contributed by atoms with van der Waals surface area (Å²) in [5, 5.41) is 3.82. The predicted molar refractivity (Wildman–Crippen MR) is 104 cm³/mol. The molecule has 128 valence electrons. The minimum Gasteiger partial charge on any atom is -0.436 e. The van der Waals surface area contributed by atoms with Crippen molar-refractivity contribution in [2.24, 2.45) is 0 Å². The van der Waals surface area contributed by atoms with Crippen LogP contribution in [0.2, 0.25) is 10.0 Å². The van der Waals surface area contributed by atoms with E-state index in [1.54, 1.807) is 54.6 Å². The van der Waals surface area contributed by atoms with Gasteiger partial charge in [-0.05, 0) is 42.5 Å². The number of nitrogens with one attached hydrogen (secondary N) is 1. The molecule has 0 aliphatic rings. The molecule has 4 rings (SSSR count). The third kappa shape index (κ3) is 3.29. The van der Waals surface area contributed by atoms with Crippen LogP contribution in [0.5, 0.6) is 0 Å². The molecule has 4 aromatic rings. The zero-order valence-electron chi connectivity index (χ0n) is 13.4. The molecule has 3 aromatic carbocycles. The number of oxazole rings is 1. The van der Waals surface area contributed by atoms with Crippen molar-refractivity contribution in [1.29, 1.82) is 0 Å². The average molecular weight is 383 g/mol. The molecule has 0 saturated carbocycles. The Balaban J connectivity index is 1.64. The molecular weight excluding hydrogens is 371 g/mol. The van der Waals surface area contributed by atoms with Gasteiger partial charge in [0.15, 0.2) is 5.58 Å². The summed E-state index contributed by atoms with van der Waals surface area (Å²) in [7, 11) is 0. The van der Waals surface area contributed by atoms with Crippen LogP contribution in [-0.2, 0) is 0 Å². The molecule has 1 N–H and O–H groups in total. The van der Waals surface area contributed by atoms with Crippen LogP contribution in [0, 0.1) is 0 Å². The van der Waals surface area contributed by atoms with Crippen LogP contribution in [0.4, 0.5) is 5.69 Å². The summed E-state index contributed by atoms with van der Waals surface area (Å²) in [6.45, 7) is 0. The first kappa shape index (κ1) is 16.6. The molecule has 0 spiro atoms. The van der Waals surface area contributed by atoms with Gasteiger partial charge in [0.05, 0.1) is 10.6 Å². The molecule has 0 radical (unpaired) electrons. The minimum atomic E-state index is -0.287. The van der Waals surface area contributed by atoms with E-state index in [9.17, 15) is 4.79 Å². The molecule has 6 heteroatoms. The van der Waals surface area contributed by atoms with Crippen molar-refractivity contribution in [1.82, 2.24) is 4.98 Å². The largest absolute Gasteiger partial charge is 0.436 e. The molecule has 4 nitrogen and oxygen atoms in total. The zero-order valence-corrected chi connectivity index (χ0v) is 14.9. The first-order valence-corrected chi connectivity index (χ1v) is 8.58. The quantitative estimate of drug-likeness (QED) is 0.468. The third-order valence-corrected chi connectivity index (χ3v) is 4.40. The third-order valence-electron chi connectivity index (χ3n) is 3.84. The van der Waals surface area contributed by atoms with Crippen LogP contribution in [-0.4, -0.2) is 10.9 Å². The number of anilines is 1. The lowest BCUT2D eigenvalue weighted by atomic mass is 10.2. The van der Waals surface area contributed by atoms with E-state index in [0.717, 1.165) is 5.56 Å². The van der Waals surface area contributed by atoms with E-state index in [1.165, 1.54) is 0 Å². The smallest absolute Gasteiger partial charge is 0.257 e. The summed E-state index contributed by atoms with van der Waals surface area (Å²) in [5.74, 6) is 0.182. The van der Waals surface area contributed by atoms with Gasteiger partial charge in [-0.3, -0.25) is 4.79 Å². The normalized spacial score (nSPS) is 10.8. The zero-order chi connectivity index (χ0) is 18.1. The number of hydrogen-bond donors (Lipinski definition) is 1. The first-order valence-electron chi connectivity index (χ1n) is 7.82. The number of hydrogen-bond acceptors (Lipinski definition) is 3. The second-order valence-electron chi connectivity index (χ2n) is 5.65. The molecule has 0 aliphatic carbocycles. The average Bonchev–Trinajstić information content (AvgIpc) is 3.05. The standard InChI is InChI=1S/C20H12Cl2N2O2/c21-13-5-3-4-12(10-13)20-24-17-9-8-14(11-18(17)26-20)23-19(25)15-6-1-2-7-16(15)22/h1-11H,(H,23,25). The summed E-state index contributed by atoms with van der Waals surface area (Å²) >= 11 is 12.1. The number of rotatable bonds is 3. The Labute approximate surface area is 159 Å². The van der Waals surface area contributed by atoms with Gasteiger partial charge in [-0.2, -0.15) is 0 Å². The number of fused-ring (bicyclic) bond motifs is 1. The monoisotopic (exact) mass is 382 g/mol. The molecule has 0 fully saturated rings. The maximum absolute atomic E-state index is 12.4. The molecule has 1 aromatic heterocycles. The van der Waals surface area contributed by atoms with Crippen molar-refractivity contribution in [3.63, 3.8) is 0 Å². The Morgan fingerprint density at radius 1 is 0.962 bits per heavy atom. The number of nitrogens with zero attached hydrogens (tertiary/aromatic N) is 1. The van der Waals surface area contributed by atoms with Crippen molar-refractivity contribution < 1.29 is 9.21 Å². The summed E-state index contributed by atoms with van der Waals surface area (Å²) < 4.78 is 5.81. The second-order valence-corrected chi connectivity index (χ2v) is 6.49. The summed E-state index contributed by atoms with van der Waals surface area (Å²) in [6.07, 6.45) is 0. The maximum Gasteiger partial charge on any atom is 0.257 e. The van der Waals surface area contributed by atoms with E-state index >= 15 is 0 Å². The van der Waals surface area contributed by atoms with E-state index in [1.807, 2.05) is 12.1 Å². The Morgan fingerprint density at radius 3 is 2.62 bits per heavy atom. The van der Waals surface area contributed by atoms with Crippen molar-refractivity contribution >= 4 is 45.9 Å². The highest BCUT2D eigenvalue weighted by Crippen LogP contribution is 2.28. The predicted octanol–water partition coefficient (Wildman–Crippen LogP) is 6.05. The van der Waals surface area contributed by atoms with Gasteiger partial charge >= 0.3 is 0 Å². The van der Waals surface area contributed by atoms with E-state index < -0.39 is 0 Å². The van der Waals surface area contributed by atoms with Gasteiger partial charge in [0.1, 0.15) is 5.52 Å². The minimum absolute atomic E-state index is 0.287. The molecule has 0 bridgehead atoms. The Bertz CT molecular complexity index is 1120. The summed E-state index contributed by atoms with van der Waals surface area (Å²) in [5.41, 5.74) is 3.05. The lowest BCUT2D eigenvalue weighted by Crippen LogP contribution is -2.12. The Morgan fingerprint density at radius 2 is 1.81 bits per heavy atom. The number of halogens is 2. The fourth-order valence-corrected chi connectivity index (χ4v) is 3.00. The van der Waals surface area contributed by atoms with Gasteiger partial charge in [0.25, 0.3) is 5.91 Å². The number of aromatic nitrogens is 1. The summed E-state index contributed by atoms with van der Waals surface area (Å²) in [4.78, 5) is 16.8. The molecule has 1 amide bonds. The number of carbonyl (C=O) groups excluding carboxylic acids is 1. The van der Waals surface area contributed by atoms with Crippen molar-refractivity contribution in [2.45, 2.75) is 0 Å². The van der Waals surface area contributed by atoms with Gasteiger partial charge in [-0.1, -0.05) is 41.4 Å². The van der Waals surface area contributed by atoms with Crippen LogP contribution in [0.3, 0.4) is 0 Å². The SMILES string of the molecule is O=C(Nc1ccc2nc(-c3cccc(Cl)c3)oc2c1)c1ccccc1Cl. The Kier molecular flexibility index (Phi) is 4.37. The van der Waals surface area contributed by atoms with Crippen molar-refractivity contribution in [3.8, 4) is 11.5 Å². The van der Waals surface area contributed by atoms with Crippen molar-refractivity contribution in [2.75, 3.05) is 5.32 Å². The van der Waals surface area contributed by atoms with E-state index in [4.69, 9.17) is 27.6 Å². The van der Waals surface area contributed by atoms with Gasteiger partial charge in [-0.15, -0.1) is 0 Å². The van der Waals surface area contributed by atoms with Gasteiger partial charge in [0, 0.05) is 22.3 Å². The van der Waals surface area contributed by atoms with Crippen LogP contribution >= 0.6 is 23.2 Å². The van der Waals surface area contributed by atoms with Gasteiger partial charge < -0.3 is 9.73 Å². The number of benzene rings is 3. The molecule has 0 unspecified atom stereocenters. The highest BCUT2D eigenvalue weighted by molar-refractivity contribution is 6.34. The fraction of sp³-hybridized carbons (Fsp3) is 0. The molecule has 0 saturated heterocycles. The van der Waals surface area contributed by atoms with E-state index in [2.05, 4.69) is 10.3 Å². The van der Waals surface area contributed by atoms with Crippen LogP contribution in [0.15, 0.2) is 71.1 Å². The van der Waals surface area contributed by atoms with E-state index in [-0.39, 0.29) is 5.91 Å². The molecule has 0 aliphatic heterocycles.